The molecule has 0 heterocycles. The molecule has 0 spiro atoms. The summed E-state index contributed by atoms with van der Waals surface area (Å²) in [6.45, 7) is 1.76. The van der Waals surface area contributed by atoms with Crippen LogP contribution in [0.4, 0.5) is 10.1 Å². The van der Waals surface area contributed by atoms with Gasteiger partial charge in [0.2, 0.25) is 10.0 Å². The van der Waals surface area contributed by atoms with Gasteiger partial charge < -0.3 is 5.32 Å². The number of nitrogens with zero attached hydrogens (tertiary/aromatic N) is 1. The van der Waals surface area contributed by atoms with Crippen molar-refractivity contribution in [1.29, 1.82) is 0 Å². The van der Waals surface area contributed by atoms with Crippen molar-refractivity contribution in [2.75, 3.05) is 17.6 Å². The molecule has 25 heavy (non-hydrogen) atoms. The maximum absolute atomic E-state index is 13.0. The number of anilines is 1. The van der Waals surface area contributed by atoms with E-state index in [0.717, 1.165) is 16.1 Å². The van der Waals surface area contributed by atoms with Gasteiger partial charge in [-0.3, -0.25) is 9.10 Å². The van der Waals surface area contributed by atoms with E-state index in [1.165, 1.54) is 37.4 Å². The third kappa shape index (κ3) is 4.70. The Morgan fingerprint density at radius 1 is 1.20 bits per heavy atom. The van der Waals surface area contributed by atoms with E-state index >= 15 is 0 Å². The lowest BCUT2D eigenvalue weighted by Crippen LogP contribution is -2.28. The topological polar surface area (TPSA) is 66.5 Å². The molecule has 0 unspecified atom stereocenters. The Bertz CT molecular complexity index is 885. The van der Waals surface area contributed by atoms with E-state index in [1.54, 1.807) is 19.1 Å². The molecule has 0 fully saturated rings. The molecule has 1 N–H and O–H groups in total. The van der Waals surface area contributed by atoms with E-state index in [0.29, 0.717) is 5.69 Å². The number of hydrogen-bond acceptors (Lipinski definition) is 3. The van der Waals surface area contributed by atoms with Crippen LogP contribution in [-0.4, -0.2) is 27.6 Å². The fourth-order valence-corrected chi connectivity index (χ4v) is 2.88. The highest BCUT2D eigenvalue weighted by Crippen LogP contribution is 2.25. The van der Waals surface area contributed by atoms with Gasteiger partial charge in [-0.05, 0) is 42.8 Å². The maximum atomic E-state index is 13.0. The van der Waals surface area contributed by atoms with Crippen LogP contribution in [-0.2, 0) is 10.0 Å². The third-order valence-corrected chi connectivity index (χ3v) is 5.31. The van der Waals surface area contributed by atoms with Crippen molar-refractivity contribution in [3.63, 3.8) is 0 Å². The molecule has 0 aliphatic carbocycles. The number of benzene rings is 2. The van der Waals surface area contributed by atoms with E-state index in [2.05, 4.69) is 5.32 Å². The minimum atomic E-state index is -3.46. The van der Waals surface area contributed by atoms with Gasteiger partial charge >= 0.3 is 0 Å². The normalized spacial score (nSPS) is 12.5. The van der Waals surface area contributed by atoms with Crippen molar-refractivity contribution in [2.45, 2.75) is 13.0 Å². The van der Waals surface area contributed by atoms with Gasteiger partial charge in [-0.15, -0.1) is 0 Å². The molecule has 8 heteroatoms. The van der Waals surface area contributed by atoms with Gasteiger partial charge in [0.15, 0.2) is 0 Å². The van der Waals surface area contributed by atoms with Crippen LogP contribution < -0.4 is 9.62 Å². The van der Waals surface area contributed by atoms with E-state index in [-0.39, 0.29) is 22.4 Å². The molecular weight excluding hydrogens is 367 g/mol. The van der Waals surface area contributed by atoms with E-state index in [9.17, 15) is 17.6 Å². The molecule has 1 amide bonds. The number of sulfonamides is 1. The highest BCUT2D eigenvalue weighted by atomic mass is 35.5. The highest BCUT2D eigenvalue weighted by molar-refractivity contribution is 7.92. The first-order valence-corrected chi connectivity index (χ1v) is 9.62. The van der Waals surface area contributed by atoms with Crippen molar-refractivity contribution in [3.05, 3.63) is 64.4 Å². The molecule has 0 aliphatic rings. The van der Waals surface area contributed by atoms with Crippen molar-refractivity contribution in [1.82, 2.24) is 5.32 Å². The minimum Gasteiger partial charge on any atom is -0.345 e. The van der Waals surface area contributed by atoms with Crippen molar-refractivity contribution in [2.24, 2.45) is 0 Å². The van der Waals surface area contributed by atoms with E-state index in [1.807, 2.05) is 0 Å². The van der Waals surface area contributed by atoms with Gasteiger partial charge in [-0.1, -0.05) is 23.7 Å². The van der Waals surface area contributed by atoms with Crippen LogP contribution in [0.3, 0.4) is 0 Å². The largest absolute Gasteiger partial charge is 0.345 e. The number of carbonyl (C=O) groups is 1. The average Bonchev–Trinajstić information content (AvgIpc) is 2.54. The van der Waals surface area contributed by atoms with Gasteiger partial charge in [-0.25, -0.2) is 12.8 Å². The van der Waals surface area contributed by atoms with E-state index < -0.39 is 15.9 Å². The van der Waals surface area contributed by atoms with Crippen LogP contribution >= 0.6 is 11.6 Å². The van der Waals surface area contributed by atoms with Gasteiger partial charge in [0.1, 0.15) is 5.82 Å². The molecule has 2 aromatic rings. The average molecular weight is 385 g/mol. The smallest absolute Gasteiger partial charge is 0.253 e. The van der Waals surface area contributed by atoms with Crippen LogP contribution in [0.15, 0.2) is 42.5 Å². The highest BCUT2D eigenvalue weighted by Gasteiger charge is 2.18. The number of carbonyl (C=O) groups excluding carboxylic acids is 1. The molecule has 2 aromatic carbocycles. The van der Waals surface area contributed by atoms with Crippen LogP contribution in [0.2, 0.25) is 5.02 Å². The van der Waals surface area contributed by atoms with Gasteiger partial charge in [0.25, 0.3) is 5.91 Å². The second-order valence-electron chi connectivity index (χ2n) is 5.64. The minimum absolute atomic E-state index is 0.156. The van der Waals surface area contributed by atoms with E-state index in [4.69, 9.17) is 11.6 Å². The molecule has 0 bridgehead atoms. The zero-order valence-corrected chi connectivity index (χ0v) is 15.5. The van der Waals surface area contributed by atoms with Crippen molar-refractivity contribution >= 4 is 33.2 Å². The summed E-state index contributed by atoms with van der Waals surface area (Å²) in [6.07, 6.45) is 1.07. The molecular formula is C17H18ClFN2O3S. The summed E-state index contributed by atoms with van der Waals surface area (Å²) in [6, 6.07) is 9.81. The second-order valence-corrected chi connectivity index (χ2v) is 8.06. The Labute approximate surface area is 151 Å². The maximum Gasteiger partial charge on any atom is 0.253 e. The van der Waals surface area contributed by atoms with Crippen molar-refractivity contribution < 1.29 is 17.6 Å². The number of amides is 1. The predicted octanol–water partition coefficient (Wildman–Crippen LogP) is 3.37. The first kappa shape index (κ1) is 19.2. The molecule has 0 saturated carbocycles. The lowest BCUT2D eigenvalue weighted by Gasteiger charge is -2.19. The molecule has 0 saturated heterocycles. The van der Waals surface area contributed by atoms with Crippen LogP contribution in [0.25, 0.3) is 0 Å². The third-order valence-electron chi connectivity index (χ3n) is 3.77. The fourth-order valence-electron chi connectivity index (χ4n) is 2.18. The summed E-state index contributed by atoms with van der Waals surface area (Å²) < 4.78 is 37.3. The monoisotopic (exact) mass is 384 g/mol. The molecule has 0 aromatic heterocycles. The number of hydrogen-bond donors (Lipinski definition) is 1. The lowest BCUT2D eigenvalue weighted by molar-refractivity contribution is 0.0940. The van der Waals surface area contributed by atoms with Crippen LogP contribution in [0.5, 0.6) is 0 Å². The van der Waals surface area contributed by atoms with Gasteiger partial charge in [0.05, 0.1) is 28.6 Å². The predicted molar refractivity (Wildman–Crippen MR) is 97.0 cm³/mol. The van der Waals surface area contributed by atoms with Crippen molar-refractivity contribution in [3.8, 4) is 0 Å². The quantitative estimate of drug-likeness (QED) is 0.859. The zero-order chi connectivity index (χ0) is 18.8. The van der Waals surface area contributed by atoms with Crippen LogP contribution in [0.1, 0.15) is 28.9 Å². The first-order chi connectivity index (χ1) is 11.6. The molecule has 0 radical (unpaired) electrons. The number of nitrogens with one attached hydrogen (secondary N) is 1. The molecule has 5 nitrogen and oxygen atoms in total. The summed E-state index contributed by atoms with van der Waals surface area (Å²) >= 11 is 6.08. The second kappa shape index (κ2) is 7.41. The molecule has 2 rings (SSSR count). The molecule has 1 atom stereocenters. The Balaban J connectivity index is 2.25. The fraction of sp³-hybridized carbons (Fsp3) is 0.235. The SMILES string of the molecule is C[C@H](NC(=O)c1cc(N(C)S(C)(=O)=O)ccc1Cl)c1ccc(F)cc1. The summed E-state index contributed by atoms with van der Waals surface area (Å²) in [5.41, 5.74) is 1.21. The Hall–Kier alpha value is -2.12. The zero-order valence-electron chi connectivity index (χ0n) is 14.0. The standard InChI is InChI=1S/C17H18ClFN2O3S/c1-11(12-4-6-13(19)7-5-12)20-17(22)15-10-14(8-9-16(15)18)21(2)25(3,23)24/h4-11H,1-3H3,(H,20,22)/t11-/m0/s1. The molecule has 0 aliphatic heterocycles. The summed E-state index contributed by atoms with van der Waals surface area (Å²) in [5, 5.41) is 2.97. The van der Waals surface area contributed by atoms with Gasteiger partial charge in [0, 0.05) is 7.05 Å². The first-order valence-electron chi connectivity index (χ1n) is 7.39. The van der Waals surface area contributed by atoms with Gasteiger partial charge in [-0.2, -0.15) is 0 Å². The lowest BCUT2D eigenvalue weighted by atomic mass is 10.1. The Morgan fingerprint density at radius 2 is 1.80 bits per heavy atom. The number of rotatable bonds is 5. The summed E-state index contributed by atoms with van der Waals surface area (Å²) in [4.78, 5) is 12.5. The molecule has 134 valence electrons. The Kier molecular flexibility index (Phi) is 5.69. The summed E-state index contributed by atoms with van der Waals surface area (Å²) in [7, 11) is -2.07. The Morgan fingerprint density at radius 3 is 2.36 bits per heavy atom. The number of halogens is 2. The van der Waals surface area contributed by atoms with Crippen LogP contribution in [0, 0.1) is 5.82 Å². The summed E-state index contributed by atoms with van der Waals surface area (Å²) in [5.74, 6) is -0.813.